The van der Waals surface area contributed by atoms with E-state index in [0.717, 1.165) is 12.8 Å². The van der Waals surface area contributed by atoms with E-state index in [1.165, 1.54) is 4.90 Å². The highest BCUT2D eigenvalue weighted by molar-refractivity contribution is 7.77. The van der Waals surface area contributed by atoms with Crippen molar-refractivity contribution in [3.05, 3.63) is 0 Å². The smallest absolute Gasteiger partial charge is 0.291 e. The zero-order valence-corrected chi connectivity index (χ0v) is 12.0. The Balaban J connectivity index is 2.87. The van der Waals surface area contributed by atoms with Crippen LogP contribution in [0.4, 0.5) is 0 Å². The Hall–Kier alpha value is -0.970. The number of piperidine rings is 1. The summed E-state index contributed by atoms with van der Waals surface area (Å²) in [4.78, 5) is 37.1. The fraction of sp³-hybridized carbons (Fsp3) is 0.769. The molecule has 4 nitrogen and oxygen atoms in total. The molecule has 1 amide bonds. The zero-order valence-electron chi connectivity index (χ0n) is 11.2. The predicted molar refractivity (Wildman–Crippen MR) is 70.8 cm³/mol. The monoisotopic (exact) mass is 270 g/mol. The molecule has 1 aliphatic heterocycles. The van der Waals surface area contributed by atoms with Gasteiger partial charge in [0.15, 0.2) is 0 Å². The lowest BCUT2D eigenvalue weighted by Crippen LogP contribution is -2.52. The minimum atomic E-state index is -0.677. The third-order valence-corrected chi connectivity index (χ3v) is 4.00. The van der Waals surface area contributed by atoms with Crippen LogP contribution >= 0.6 is 0 Å². The van der Waals surface area contributed by atoms with Gasteiger partial charge in [0, 0.05) is 17.1 Å². The molecule has 0 aliphatic carbocycles. The highest BCUT2D eigenvalue weighted by Gasteiger charge is 2.37. The van der Waals surface area contributed by atoms with Crippen molar-refractivity contribution < 1.29 is 14.4 Å². The van der Waals surface area contributed by atoms with Gasteiger partial charge in [0.2, 0.25) is 5.78 Å². The second kappa shape index (κ2) is 5.78. The quantitative estimate of drug-likeness (QED) is 0.573. The summed E-state index contributed by atoms with van der Waals surface area (Å²) >= 11 is 4.66. The first-order valence-electron chi connectivity index (χ1n) is 6.37. The molecule has 0 spiro atoms. The molecule has 102 valence electrons. The molecule has 1 fully saturated rings. The van der Waals surface area contributed by atoms with E-state index in [9.17, 15) is 14.4 Å². The van der Waals surface area contributed by atoms with Gasteiger partial charge in [-0.3, -0.25) is 9.59 Å². The van der Waals surface area contributed by atoms with Crippen LogP contribution in [-0.2, 0) is 27.0 Å². The minimum absolute atomic E-state index is 0.423. The number of rotatable bonds is 4. The van der Waals surface area contributed by atoms with Gasteiger partial charge in [0.05, 0.1) is 6.04 Å². The van der Waals surface area contributed by atoms with Crippen LogP contribution in [0.3, 0.4) is 0 Å². The Morgan fingerprint density at radius 1 is 1.28 bits per heavy atom. The molecule has 0 saturated carbocycles. The topological polar surface area (TPSA) is 54.5 Å². The summed E-state index contributed by atoms with van der Waals surface area (Å²) in [5.74, 6) is -0.974. The number of carbonyl (C=O) groups is 3. The maximum absolute atomic E-state index is 12.2. The van der Waals surface area contributed by atoms with Crippen LogP contribution < -0.4 is 0 Å². The summed E-state index contributed by atoms with van der Waals surface area (Å²) in [6.07, 6.45) is 2.87. The van der Waals surface area contributed by atoms with Crippen molar-refractivity contribution in [2.45, 2.75) is 52.5 Å². The second-order valence-corrected chi connectivity index (χ2v) is 5.80. The first kappa shape index (κ1) is 15.1. The fourth-order valence-electron chi connectivity index (χ4n) is 2.00. The largest absolute Gasteiger partial charge is 0.740 e. The molecule has 1 unspecified atom stereocenters. The number of hydrogen-bond donors (Lipinski definition) is 0. The van der Waals surface area contributed by atoms with Crippen LogP contribution in [0, 0.1) is 5.41 Å². The Labute approximate surface area is 114 Å². The van der Waals surface area contributed by atoms with E-state index in [0.29, 0.717) is 19.4 Å². The molecule has 1 atom stereocenters. The van der Waals surface area contributed by atoms with E-state index >= 15 is 0 Å². The van der Waals surface area contributed by atoms with Gasteiger partial charge in [0.25, 0.3) is 5.91 Å². The average Bonchev–Trinajstić information content (AvgIpc) is 2.36. The van der Waals surface area contributed by atoms with Crippen LogP contribution in [0.2, 0.25) is 0 Å². The average molecular weight is 270 g/mol. The molecule has 1 saturated heterocycles. The van der Waals surface area contributed by atoms with Gasteiger partial charge in [-0.25, -0.2) is 0 Å². The Morgan fingerprint density at radius 2 is 1.89 bits per heavy atom. The molecular formula is C13H20NO3S-. The molecule has 18 heavy (non-hydrogen) atoms. The molecule has 0 radical (unpaired) electrons. The van der Waals surface area contributed by atoms with Crippen LogP contribution in [0.1, 0.15) is 46.5 Å². The Kier molecular flexibility index (Phi) is 4.85. The maximum atomic E-state index is 12.2. The molecule has 0 N–H and O–H groups in total. The lowest BCUT2D eigenvalue weighted by Gasteiger charge is -2.37. The van der Waals surface area contributed by atoms with E-state index in [1.54, 1.807) is 13.8 Å². The number of Topliss-reactive ketones (excluding diaryl/α,β-unsaturated/α-hetero) is 1. The summed E-state index contributed by atoms with van der Waals surface area (Å²) < 4.78 is 0. The summed E-state index contributed by atoms with van der Waals surface area (Å²) in [6.45, 7) is 5.83. The molecule has 0 aromatic rings. The maximum Gasteiger partial charge on any atom is 0.291 e. The van der Waals surface area contributed by atoms with Crippen molar-refractivity contribution >= 4 is 29.4 Å². The van der Waals surface area contributed by atoms with E-state index < -0.39 is 28.3 Å². The van der Waals surface area contributed by atoms with Gasteiger partial charge in [0.1, 0.15) is 0 Å². The van der Waals surface area contributed by atoms with Crippen LogP contribution in [-0.4, -0.2) is 34.3 Å². The van der Waals surface area contributed by atoms with Crippen LogP contribution in [0.25, 0.3) is 0 Å². The molecule has 1 rings (SSSR count). The highest BCUT2D eigenvalue weighted by atomic mass is 32.1. The van der Waals surface area contributed by atoms with Gasteiger partial charge >= 0.3 is 0 Å². The first-order valence-corrected chi connectivity index (χ1v) is 6.78. The van der Waals surface area contributed by atoms with Gasteiger partial charge in [-0.05, 0) is 25.7 Å². The highest BCUT2D eigenvalue weighted by Crippen LogP contribution is 2.25. The lowest BCUT2D eigenvalue weighted by atomic mass is 9.84. The minimum Gasteiger partial charge on any atom is -0.740 e. The Bertz CT molecular complexity index is 365. The van der Waals surface area contributed by atoms with Crippen molar-refractivity contribution in [3.8, 4) is 0 Å². The van der Waals surface area contributed by atoms with Gasteiger partial charge in [-0.2, -0.15) is 0 Å². The lowest BCUT2D eigenvalue weighted by molar-refractivity contribution is -0.152. The van der Waals surface area contributed by atoms with Crippen molar-refractivity contribution in [1.82, 2.24) is 4.90 Å². The van der Waals surface area contributed by atoms with Gasteiger partial charge in [-0.15, -0.1) is 0 Å². The SMILES string of the molecule is CCC(C)(C)C(=O)C(=O)N1CCCCC1C(=O)[S-]. The summed E-state index contributed by atoms with van der Waals surface area (Å²) in [5.41, 5.74) is -0.677. The number of hydrogen-bond acceptors (Lipinski definition) is 4. The number of carbonyl (C=O) groups excluding carboxylic acids is 3. The molecule has 0 bridgehead atoms. The van der Waals surface area contributed by atoms with Crippen LogP contribution in [0.15, 0.2) is 0 Å². The molecule has 1 aliphatic rings. The Morgan fingerprint density at radius 3 is 2.39 bits per heavy atom. The summed E-state index contributed by atoms with van der Waals surface area (Å²) in [6, 6.07) is -0.585. The van der Waals surface area contributed by atoms with Crippen molar-refractivity contribution in [3.63, 3.8) is 0 Å². The van der Waals surface area contributed by atoms with Crippen molar-refractivity contribution in [1.29, 1.82) is 0 Å². The second-order valence-electron chi connectivity index (χ2n) is 5.40. The fourth-order valence-corrected chi connectivity index (χ4v) is 2.25. The van der Waals surface area contributed by atoms with Crippen molar-refractivity contribution in [2.75, 3.05) is 6.54 Å². The molecule has 1 heterocycles. The molecule has 0 aromatic carbocycles. The summed E-state index contributed by atoms with van der Waals surface area (Å²) in [5, 5.41) is -0.440. The van der Waals surface area contributed by atoms with E-state index in [4.69, 9.17) is 0 Å². The standard InChI is InChI=1S/C13H21NO3S/c1-4-13(2,3)10(15)11(16)14-8-6-5-7-9(14)12(17)18/h9H,4-8H2,1-3H3,(H,17,18)/p-1. The third kappa shape index (κ3) is 3.07. The van der Waals surface area contributed by atoms with Crippen LogP contribution in [0.5, 0.6) is 0 Å². The van der Waals surface area contributed by atoms with Crippen molar-refractivity contribution in [2.24, 2.45) is 5.41 Å². The number of amides is 1. The third-order valence-electron chi connectivity index (χ3n) is 3.73. The summed E-state index contributed by atoms with van der Waals surface area (Å²) in [7, 11) is 0. The molecule has 0 aromatic heterocycles. The number of ketones is 1. The van der Waals surface area contributed by atoms with Gasteiger partial charge in [-0.1, -0.05) is 20.8 Å². The normalized spacial score (nSPS) is 20.6. The number of nitrogens with zero attached hydrogens (tertiary/aromatic N) is 1. The molecular weight excluding hydrogens is 250 g/mol. The first-order chi connectivity index (χ1) is 8.31. The van der Waals surface area contributed by atoms with E-state index in [2.05, 4.69) is 12.6 Å². The number of likely N-dealkylation sites (tertiary alicyclic amines) is 1. The van der Waals surface area contributed by atoms with E-state index in [1.807, 2.05) is 6.92 Å². The zero-order chi connectivity index (χ0) is 13.9. The molecule has 5 heteroatoms. The predicted octanol–water partition coefficient (Wildman–Crippen LogP) is 1.45. The van der Waals surface area contributed by atoms with E-state index in [-0.39, 0.29) is 0 Å². The van der Waals surface area contributed by atoms with Gasteiger partial charge < -0.3 is 22.3 Å².